The summed E-state index contributed by atoms with van der Waals surface area (Å²) in [7, 11) is 0. The second-order valence-electron chi connectivity index (χ2n) is 16.1. The summed E-state index contributed by atoms with van der Waals surface area (Å²) in [5, 5.41) is 10.5. The lowest BCUT2D eigenvalue weighted by atomic mass is 10.0. The number of benzene rings is 3. The number of anilines is 2. The van der Waals surface area contributed by atoms with E-state index < -0.39 is 35.7 Å². The van der Waals surface area contributed by atoms with E-state index in [1.165, 1.54) is 11.3 Å². The van der Waals surface area contributed by atoms with Gasteiger partial charge in [-0.1, -0.05) is 54.3 Å². The first-order chi connectivity index (χ1) is 31.6. The third-order valence-electron chi connectivity index (χ3n) is 11.9. The van der Waals surface area contributed by atoms with Crippen molar-refractivity contribution in [2.45, 2.75) is 50.9 Å². The molecule has 0 bridgehead atoms. The zero-order chi connectivity index (χ0) is 45.0. The lowest BCUT2D eigenvalue weighted by Crippen LogP contribution is -2.54. The molecule has 65 heavy (non-hydrogen) atoms. The van der Waals surface area contributed by atoms with Crippen LogP contribution < -0.4 is 16.0 Å². The Morgan fingerprint density at radius 3 is 2.40 bits per heavy atom. The number of rotatable bonds is 12. The molecule has 2 fully saturated rings. The minimum absolute atomic E-state index is 0.0394. The van der Waals surface area contributed by atoms with Crippen molar-refractivity contribution in [2.75, 3.05) is 43.4 Å². The molecule has 5 aromatic rings. The number of pyridine rings is 1. The highest BCUT2D eigenvalue weighted by Crippen LogP contribution is 2.34. The number of aromatic nitrogens is 2. The number of amides is 7. The summed E-state index contributed by atoms with van der Waals surface area (Å²) in [6.07, 6.45) is 4.29. The Balaban J connectivity index is 0.732. The lowest BCUT2D eigenvalue weighted by Gasteiger charge is -2.34. The van der Waals surface area contributed by atoms with Gasteiger partial charge in [0.2, 0.25) is 17.7 Å². The van der Waals surface area contributed by atoms with Gasteiger partial charge >= 0.3 is 0 Å². The third-order valence-corrected chi connectivity index (χ3v) is 12.6. The van der Waals surface area contributed by atoms with Crippen molar-refractivity contribution >= 4 is 63.5 Å². The van der Waals surface area contributed by atoms with Crippen LogP contribution in [0.3, 0.4) is 0 Å². The fraction of sp³-hybridized carbons (Fsp3) is 0.271. The van der Waals surface area contributed by atoms with Crippen LogP contribution in [-0.2, 0) is 32.3 Å². The van der Waals surface area contributed by atoms with Gasteiger partial charge in [0.1, 0.15) is 12.1 Å². The summed E-state index contributed by atoms with van der Waals surface area (Å²) in [6, 6.07) is 21.7. The summed E-state index contributed by atoms with van der Waals surface area (Å²) >= 11 is 1.31. The Hall–Kier alpha value is -7.55. The molecule has 4 aliphatic rings. The molecule has 6 heterocycles. The number of imide groups is 2. The van der Waals surface area contributed by atoms with Crippen LogP contribution in [-0.4, -0.2) is 110 Å². The Labute approximate surface area is 378 Å². The zero-order valence-corrected chi connectivity index (χ0v) is 35.9. The molecule has 3 aromatic carbocycles. The van der Waals surface area contributed by atoms with E-state index >= 15 is 0 Å². The molecule has 16 nitrogen and oxygen atoms in total. The first kappa shape index (κ1) is 42.7. The second-order valence-corrected chi connectivity index (χ2v) is 17.0. The molecule has 17 heteroatoms. The Morgan fingerprint density at radius 1 is 0.846 bits per heavy atom. The van der Waals surface area contributed by atoms with Gasteiger partial charge in [0.25, 0.3) is 23.6 Å². The SMILES string of the molecule is O=C1CCC(N2C(=O)c3cccc(NCCCC(=O)N4CCN(Cc5ccc(C#Cc6ccc7c(c6)C(=O)N(C(C(=O)Nc6nccs6)c6ccccc6)C7)cn5)CC4)c3C2=O)C(=O)N1. The van der Waals surface area contributed by atoms with Crippen LogP contribution in [0.5, 0.6) is 0 Å². The van der Waals surface area contributed by atoms with Crippen molar-refractivity contribution in [1.29, 1.82) is 0 Å². The predicted octanol–water partition coefficient (Wildman–Crippen LogP) is 4.21. The van der Waals surface area contributed by atoms with Gasteiger partial charge in [-0.05, 0) is 60.4 Å². The van der Waals surface area contributed by atoms with Crippen molar-refractivity contribution < 1.29 is 33.6 Å². The number of carbonyl (C=O) groups is 7. The first-order valence-electron chi connectivity index (χ1n) is 21.4. The molecule has 0 spiro atoms. The van der Waals surface area contributed by atoms with E-state index in [-0.39, 0.29) is 48.2 Å². The third kappa shape index (κ3) is 9.12. The number of fused-ring (bicyclic) bond motifs is 2. The Morgan fingerprint density at radius 2 is 1.65 bits per heavy atom. The molecule has 2 unspecified atom stereocenters. The van der Waals surface area contributed by atoms with Gasteiger partial charge in [-0.3, -0.25) is 59.0 Å². The van der Waals surface area contributed by atoms with Crippen LogP contribution in [0.4, 0.5) is 10.8 Å². The monoisotopic (exact) mass is 889 g/mol. The summed E-state index contributed by atoms with van der Waals surface area (Å²) in [6.45, 7) is 3.86. The maximum Gasteiger partial charge on any atom is 0.264 e. The normalized spacial score (nSPS) is 17.6. The summed E-state index contributed by atoms with van der Waals surface area (Å²) in [4.78, 5) is 107. The van der Waals surface area contributed by atoms with Crippen molar-refractivity contribution in [3.63, 3.8) is 0 Å². The summed E-state index contributed by atoms with van der Waals surface area (Å²) < 4.78 is 0. The quantitative estimate of drug-likeness (QED) is 0.0924. The number of thiazole rings is 1. The van der Waals surface area contributed by atoms with E-state index in [4.69, 9.17) is 0 Å². The van der Waals surface area contributed by atoms with Crippen molar-refractivity contribution in [1.82, 2.24) is 34.9 Å². The van der Waals surface area contributed by atoms with Gasteiger partial charge in [0, 0.05) is 98.8 Å². The first-order valence-corrected chi connectivity index (χ1v) is 22.2. The van der Waals surface area contributed by atoms with E-state index in [0.717, 1.165) is 21.7 Å². The van der Waals surface area contributed by atoms with E-state index in [1.54, 1.807) is 46.9 Å². The molecule has 0 aliphatic carbocycles. The van der Waals surface area contributed by atoms with Gasteiger partial charge in [0.05, 0.1) is 16.8 Å². The molecule has 3 N–H and O–H groups in total. The topological polar surface area (TPSA) is 194 Å². The standard InChI is InChI=1S/C48H43N9O7S/c58-39-18-17-38(43(60)52-39)57-46(63)35-8-4-9-37(41(35)47(57)64)49-19-5-10-40(59)55-23-21-54(22-24-55)29-34-16-14-31(27-51-34)12-11-30-13-15-33-28-56(45(62)36(33)26-30)42(32-6-2-1-3-7-32)44(61)53-48-50-20-25-65-48/h1-4,6-9,13-16,20,25-27,38,42,49H,5,10,17-19,21-24,28-29H2,(H,50,53,61)(H,52,58,60). The lowest BCUT2D eigenvalue weighted by molar-refractivity contribution is -0.136. The van der Waals surface area contributed by atoms with Crippen LogP contribution >= 0.6 is 11.3 Å². The molecule has 2 atom stereocenters. The summed E-state index contributed by atoms with van der Waals surface area (Å²) in [5.74, 6) is 3.54. The van der Waals surface area contributed by atoms with Crippen LogP contribution in [0, 0.1) is 11.8 Å². The fourth-order valence-corrected chi connectivity index (χ4v) is 9.11. The molecule has 7 amide bonds. The highest BCUT2D eigenvalue weighted by molar-refractivity contribution is 7.13. The van der Waals surface area contributed by atoms with Gasteiger partial charge < -0.3 is 15.1 Å². The van der Waals surface area contributed by atoms with Crippen molar-refractivity contribution in [3.8, 4) is 11.8 Å². The van der Waals surface area contributed by atoms with E-state index in [9.17, 15) is 33.6 Å². The molecule has 4 aliphatic heterocycles. The van der Waals surface area contributed by atoms with Crippen molar-refractivity contribution in [2.24, 2.45) is 0 Å². The number of nitrogens with zero attached hydrogens (tertiary/aromatic N) is 6. The molecule has 2 aromatic heterocycles. The predicted molar refractivity (Wildman–Crippen MR) is 239 cm³/mol. The minimum Gasteiger partial charge on any atom is -0.384 e. The molecule has 328 valence electrons. The minimum atomic E-state index is -1.04. The van der Waals surface area contributed by atoms with Crippen LogP contribution in [0.2, 0.25) is 0 Å². The maximum atomic E-state index is 13.8. The Bertz CT molecular complexity index is 2760. The number of hydrogen-bond acceptors (Lipinski definition) is 12. The van der Waals surface area contributed by atoms with Gasteiger partial charge in [-0.25, -0.2) is 4.98 Å². The Kier molecular flexibility index (Phi) is 12.3. The van der Waals surface area contributed by atoms with Crippen LogP contribution in [0.15, 0.2) is 96.6 Å². The number of nitrogens with one attached hydrogen (secondary N) is 3. The zero-order valence-electron chi connectivity index (χ0n) is 35.1. The number of piperidine rings is 1. The number of hydrogen-bond donors (Lipinski definition) is 3. The maximum absolute atomic E-state index is 13.8. The fourth-order valence-electron chi connectivity index (χ4n) is 8.58. The van der Waals surface area contributed by atoms with Crippen LogP contribution in [0.25, 0.3) is 0 Å². The molecular formula is C48H43N9O7S. The smallest absolute Gasteiger partial charge is 0.264 e. The van der Waals surface area contributed by atoms with E-state index in [1.807, 2.05) is 59.5 Å². The highest BCUT2D eigenvalue weighted by atomic mass is 32.1. The van der Waals surface area contributed by atoms with Gasteiger partial charge in [0.15, 0.2) is 5.13 Å². The molecule has 9 rings (SSSR count). The largest absolute Gasteiger partial charge is 0.384 e. The van der Waals surface area contributed by atoms with Crippen LogP contribution in [0.1, 0.15) is 90.7 Å². The highest BCUT2D eigenvalue weighted by Gasteiger charge is 2.45. The molecule has 0 saturated carbocycles. The van der Waals surface area contributed by atoms with Gasteiger partial charge in [-0.2, -0.15) is 0 Å². The molecule has 2 saturated heterocycles. The van der Waals surface area contributed by atoms with Gasteiger partial charge in [-0.15, -0.1) is 11.3 Å². The second kappa shape index (κ2) is 18.7. The average Bonchev–Trinajstić information content (AvgIpc) is 4.02. The number of piperazine rings is 1. The molecular weight excluding hydrogens is 847 g/mol. The molecule has 0 radical (unpaired) electrons. The van der Waals surface area contributed by atoms with Crippen molar-refractivity contribution in [3.05, 3.63) is 141 Å². The number of carbonyl (C=O) groups excluding carboxylic acids is 7. The van der Waals surface area contributed by atoms with E-state index in [0.29, 0.717) is 79.6 Å². The van der Waals surface area contributed by atoms with E-state index in [2.05, 4.69) is 42.7 Å². The summed E-state index contributed by atoms with van der Waals surface area (Å²) in [5.41, 5.74) is 5.16. The average molecular weight is 890 g/mol.